The summed E-state index contributed by atoms with van der Waals surface area (Å²) >= 11 is 0. The van der Waals surface area contributed by atoms with Crippen LogP contribution in [0.4, 0.5) is 10.1 Å². The monoisotopic (exact) mass is 265 g/mol. The Hall–Kier alpha value is -1.42. The molecule has 1 saturated heterocycles. The number of aliphatic hydroxyl groups is 1. The molecule has 1 aromatic carbocycles. The number of hydrogen-bond donors (Lipinski definition) is 1. The van der Waals surface area contributed by atoms with Crippen LogP contribution in [0.1, 0.15) is 43.0 Å². The zero-order valence-corrected chi connectivity index (χ0v) is 11.2. The van der Waals surface area contributed by atoms with Crippen LogP contribution in [-0.2, 0) is 0 Å². The van der Waals surface area contributed by atoms with Gasteiger partial charge in [-0.25, -0.2) is 4.39 Å². The molecule has 1 fully saturated rings. The van der Waals surface area contributed by atoms with E-state index < -0.39 is 5.82 Å². The molecule has 0 bridgehead atoms. The number of benzene rings is 1. The van der Waals surface area contributed by atoms with Crippen molar-refractivity contribution in [2.24, 2.45) is 0 Å². The number of rotatable bonds is 3. The largest absolute Gasteiger partial charge is 0.394 e. The van der Waals surface area contributed by atoms with Gasteiger partial charge in [-0.3, -0.25) is 4.79 Å². The zero-order valence-electron chi connectivity index (χ0n) is 11.2. The molecule has 0 aromatic heterocycles. The highest BCUT2D eigenvalue weighted by atomic mass is 19.1. The summed E-state index contributed by atoms with van der Waals surface area (Å²) in [5, 5.41) is 9.53. The van der Waals surface area contributed by atoms with Gasteiger partial charge in [0.05, 0.1) is 12.6 Å². The Kier molecular flexibility index (Phi) is 4.53. The van der Waals surface area contributed by atoms with Gasteiger partial charge in [0.1, 0.15) is 5.82 Å². The van der Waals surface area contributed by atoms with Gasteiger partial charge in [-0.05, 0) is 38.0 Å². The fraction of sp³-hybridized carbons (Fsp3) is 0.533. The second-order valence-corrected chi connectivity index (χ2v) is 5.10. The van der Waals surface area contributed by atoms with Crippen LogP contribution in [0.2, 0.25) is 0 Å². The van der Waals surface area contributed by atoms with Gasteiger partial charge in [-0.15, -0.1) is 0 Å². The average Bonchev–Trinajstić information content (AvgIpc) is 2.63. The van der Waals surface area contributed by atoms with Crippen LogP contribution in [0.3, 0.4) is 0 Å². The molecule has 19 heavy (non-hydrogen) atoms. The molecule has 1 heterocycles. The quantitative estimate of drug-likeness (QED) is 0.854. The molecule has 2 rings (SSSR count). The van der Waals surface area contributed by atoms with Gasteiger partial charge < -0.3 is 10.0 Å². The van der Waals surface area contributed by atoms with Crippen LogP contribution >= 0.6 is 0 Å². The number of anilines is 1. The minimum atomic E-state index is -0.399. The van der Waals surface area contributed by atoms with E-state index in [1.165, 1.54) is 19.1 Å². The van der Waals surface area contributed by atoms with Crippen molar-refractivity contribution >= 4 is 11.5 Å². The molecule has 1 aliphatic heterocycles. The van der Waals surface area contributed by atoms with E-state index in [4.69, 9.17) is 0 Å². The van der Waals surface area contributed by atoms with Gasteiger partial charge in [0.25, 0.3) is 0 Å². The first kappa shape index (κ1) is 14.0. The first-order valence-electron chi connectivity index (χ1n) is 6.81. The van der Waals surface area contributed by atoms with Crippen LogP contribution in [0.5, 0.6) is 0 Å². The van der Waals surface area contributed by atoms with E-state index in [9.17, 15) is 14.3 Å². The molecule has 3 nitrogen and oxygen atoms in total. The summed E-state index contributed by atoms with van der Waals surface area (Å²) in [4.78, 5) is 13.7. The molecule has 0 saturated carbocycles. The van der Waals surface area contributed by atoms with E-state index in [0.717, 1.165) is 37.9 Å². The first-order valence-corrected chi connectivity index (χ1v) is 6.81. The van der Waals surface area contributed by atoms with Crippen molar-refractivity contribution in [2.75, 3.05) is 18.1 Å². The van der Waals surface area contributed by atoms with Crippen LogP contribution < -0.4 is 4.90 Å². The lowest BCUT2D eigenvalue weighted by Crippen LogP contribution is -2.38. The standard InChI is InChI=1S/C15H20FNO2/c1-11(19)14-9-12(16)6-7-15(14)17-8-4-2-3-5-13(17)10-18/h6-7,9,13,18H,2-5,8,10H2,1H3. The molecule has 1 aliphatic rings. The van der Waals surface area contributed by atoms with Crippen molar-refractivity contribution in [3.05, 3.63) is 29.6 Å². The van der Waals surface area contributed by atoms with Crippen molar-refractivity contribution in [2.45, 2.75) is 38.6 Å². The highest BCUT2D eigenvalue weighted by molar-refractivity contribution is 5.99. The lowest BCUT2D eigenvalue weighted by Gasteiger charge is -2.32. The SMILES string of the molecule is CC(=O)c1cc(F)ccc1N1CCCCCC1CO. The Morgan fingerprint density at radius 1 is 1.42 bits per heavy atom. The zero-order chi connectivity index (χ0) is 13.8. The van der Waals surface area contributed by atoms with Gasteiger partial charge in [0.15, 0.2) is 5.78 Å². The van der Waals surface area contributed by atoms with E-state index in [2.05, 4.69) is 4.90 Å². The van der Waals surface area contributed by atoms with Crippen molar-refractivity contribution in [1.29, 1.82) is 0 Å². The molecule has 1 atom stereocenters. The Bertz CT molecular complexity index is 461. The van der Waals surface area contributed by atoms with Crippen molar-refractivity contribution in [3.8, 4) is 0 Å². The average molecular weight is 265 g/mol. The predicted molar refractivity (Wildman–Crippen MR) is 73.1 cm³/mol. The lowest BCUT2D eigenvalue weighted by molar-refractivity contribution is 0.101. The maximum Gasteiger partial charge on any atom is 0.161 e. The summed E-state index contributed by atoms with van der Waals surface area (Å²) in [5.41, 5.74) is 1.15. The molecule has 0 spiro atoms. The molecule has 1 aromatic rings. The molecular weight excluding hydrogens is 245 g/mol. The minimum absolute atomic E-state index is 0.0195. The number of hydrogen-bond acceptors (Lipinski definition) is 3. The summed E-state index contributed by atoms with van der Waals surface area (Å²) in [6.45, 7) is 2.32. The molecular formula is C15H20FNO2. The van der Waals surface area contributed by atoms with Gasteiger partial charge in [-0.2, -0.15) is 0 Å². The third-order valence-corrected chi connectivity index (χ3v) is 3.74. The third-order valence-electron chi connectivity index (χ3n) is 3.74. The van der Waals surface area contributed by atoms with E-state index >= 15 is 0 Å². The van der Waals surface area contributed by atoms with Gasteiger partial charge in [0.2, 0.25) is 0 Å². The fourth-order valence-corrected chi connectivity index (χ4v) is 2.72. The maximum absolute atomic E-state index is 13.3. The Morgan fingerprint density at radius 3 is 2.89 bits per heavy atom. The van der Waals surface area contributed by atoms with Crippen molar-refractivity contribution < 1.29 is 14.3 Å². The minimum Gasteiger partial charge on any atom is -0.394 e. The summed E-state index contributed by atoms with van der Waals surface area (Å²) < 4.78 is 13.3. The van der Waals surface area contributed by atoms with Crippen molar-refractivity contribution in [1.82, 2.24) is 0 Å². The van der Waals surface area contributed by atoms with Crippen molar-refractivity contribution in [3.63, 3.8) is 0 Å². The molecule has 1 N–H and O–H groups in total. The summed E-state index contributed by atoms with van der Waals surface area (Å²) in [6, 6.07) is 4.34. The third kappa shape index (κ3) is 3.13. The normalized spacial score (nSPS) is 20.2. The van der Waals surface area contributed by atoms with E-state index in [-0.39, 0.29) is 18.4 Å². The highest BCUT2D eigenvalue weighted by Gasteiger charge is 2.23. The van der Waals surface area contributed by atoms with Crippen LogP contribution in [0, 0.1) is 5.82 Å². The van der Waals surface area contributed by atoms with Gasteiger partial charge in [0, 0.05) is 17.8 Å². The number of aliphatic hydroxyl groups excluding tert-OH is 1. The molecule has 104 valence electrons. The van der Waals surface area contributed by atoms with Gasteiger partial charge in [-0.1, -0.05) is 12.8 Å². The summed E-state index contributed by atoms with van der Waals surface area (Å²) in [6.07, 6.45) is 4.15. The number of carbonyl (C=O) groups excluding carboxylic acids is 1. The lowest BCUT2D eigenvalue weighted by atomic mass is 10.1. The molecule has 0 aliphatic carbocycles. The maximum atomic E-state index is 13.3. The second kappa shape index (κ2) is 6.15. The second-order valence-electron chi connectivity index (χ2n) is 5.10. The highest BCUT2D eigenvalue weighted by Crippen LogP contribution is 2.28. The molecule has 1 unspecified atom stereocenters. The summed E-state index contributed by atoms with van der Waals surface area (Å²) in [5.74, 6) is -0.542. The topological polar surface area (TPSA) is 40.5 Å². The molecule has 0 amide bonds. The van der Waals surface area contributed by atoms with E-state index in [0.29, 0.717) is 5.56 Å². The molecule has 4 heteroatoms. The number of halogens is 1. The number of Topliss-reactive ketones (excluding diaryl/α,β-unsaturated/α-hetero) is 1. The Morgan fingerprint density at radius 2 is 2.21 bits per heavy atom. The number of carbonyl (C=O) groups is 1. The smallest absolute Gasteiger partial charge is 0.161 e. The Labute approximate surface area is 113 Å². The summed E-state index contributed by atoms with van der Waals surface area (Å²) in [7, 11) is 0. The van der Waals surface area contributed by atoms with Crippen LogP contribution in [0.25, 0.3) is 0 Å². The van der Waals surface area contributed by atoms with E-state index in [1.807, 2.05) is 0 Å². The van der Waals surface area contributed by atoms with E-state index in [1.54, 1.807) is 6.07 Å². The van der Waals surface area contributed by atoms with Gasteiger partial charge >= 0.3 is 0 Å². The predicted octanol–water partition coefficient (Wildman–Crippen LogP) is 2.77. The van der Waals surface area contributed by atoms with Crippen LogP contribution in [0.15, 0.2) is 18.2 Å². The number of ketones is 1. The fourth-order valence-electron chi connectivity index (χ4n) is 2.72. The Balaban J connectivity index is 2.40. The molecule has 0 radical (unpaired) electrons. The first-order chi connectivity index (χ1) is 9.13. The van der Waals surface area contributed by atoms with Crippen LogP contribution in [-0.4, -0.2) is 30.1 Å². The number of nitrogens with zero attached hydrogens (tertiary/aromatic N) is 1.